The van der Waals surface area contributed by atoms with E-state index in [-0.39, 0.29) is 0 Å². The SMILES string of the molecule is N#CC(NC=O)c1cncc2c(CN)cccc12. The van der Waals surface area contributed by atoms with Gasteiger partial charge in [0.15, 0.2) is 0 Å². The summed E-state index contributed by atoms with van der Waals surface area (Å²) < 4.78 is 0. The number of hydrogen-bond donors (Lipinski definition) is 2. The summed E-state index contributed by atoms with van der Waals surface area (Å²) in [7, 11) is 0. The number of benzene rings is 1. The van der Waals surface area contributed by atoms with Gasteiger partial charge in [0.1, 0.15) is 6.04 Å². The monoisotopic (exact) mass is 240 g/mol. The molecule has 0 spiro atoms. The van der Waals surface area contributed by atoms with E-state index in [1.807, 2.05) is 24.3 Å². The summed E-state index contributed by atoms with van der Waals surface area (Å²) >= 11 is 0. The Hall–Kier alpha value is -2.45. The molecule has 0 aliphatic rings. The number of nitrogens with zero attached hydrogens (tertiary/aromatic N) is 2. The van der Waals surface area contributed by atoms with E-state index in [9.17, 15) is 4.79 Å². The van der Waals surface area contributed by atoms with E-state index in [2.05, 4.69) is 10.3 Å². The molecule has 1 atom stereocenters. The Kier molecular flexibility index (Phi) is 3.51. The van der Waals surface area contributed by atoms with E-state index >= 15 is 0 Å². The predicted molar refractivity (Wildman–Crippen MR) is 67.2 cm³/mol. The number of nitrogens with one attached hydrogen (secondary N) is 1. The molecule has 0 fully saturated rings. The second-order valence-electron chi connectivity index (χ2n) is 3.79. The molecule has 1 unspecified atom stereocenters. The van der Waals surface area contributed by atoms with Crippen LogP contribution < -0.4 is 11.1 Å². The molecule has 1 aromatic carbocycles. The molecule has 0 saturated heterocycles. The van der Waals surface area contributed by atoms with Crippen LogP contribution >= 0.6 is 0 Å². The van der Waals surface area contributed by atoms with Crippen molar-refractivity contribution < 1.29 is 4.79 Å². The van der Waals surface area contributed by atoms with Crippen molar-refractivity contribution in [2.75, 3.05) is 0 Å². The third-order valence-electron chi connectivity index (χ3n) is 2.82. The molecule has 1 amide bonds. The summed E-state index contributed by atoms with van der Waals surface area (Å²) in [6.45, 7) is 0.404. The molecule has 1 heterocycles. The van der Waals surface area contributed by atoms with E-state index in [1.165, 1.54) is 0 Å². The molecule has 2 aromatic rings. The van der Waals surface area contributed by atoms with Crippen molar-refractivity contribution >= 4 is 17.2 Å². The molecular formula is C13H12N4O. The summed E-state index contributed by atoms with van der Waals surface area (Å²) in [5, 5.41) is 13.3. The molecule has 0 aliphatic heterocycles. The zero-order chi connectivity index (χ0) is 13.0. The molecule has 0 aliphatic carbocycles. The van der Waals surface area contributed by atoms with Gasteiger partial charge < -0.3 is 11.1 Å². The molecule has 5 heteroatoms. The molecule has 0 radical (unpaired) electrons. The molecule has 18 heavy (non-hydrogen) atoms. The number of rotatable bonds is 4. The van der Waals surface area contributed by atoms with Crippen LogP contribution in [0.5, 0.6) is 0 Å². The standard InChI is InChI=1S/C13H12N4O/c14-4-9-2-1-3-10-11(9)6-16-7-12(10)13(5-15)17-8-18/h1-3,6-8,13H,4,14H2,(H,17,18). The molecule has 3 N–H and O–H groups in total. The van der Waals surface area contributed by atoms with Crippen LogP contribution in [-0.4, -0.2) is 11.4 Å². The van der Waals surface area contributed by atoms with Crippen LogP contribution in [0.4, 0.5) is 0 Å². The van der Waals surface area contributed by atoms with Gasteiger partial charge >= 0.3 is 0 Å². The van der Waals surface area contributed by atoms with Gasteiger partial charge in [0.25, 0.3) is 0 Å². The highest BCUT2D eigenvalue weighted by Gasteiger charge is 2.13. The fourth-order valence-electron chi connectivity index (χ4n) is 1.95. The van der Waals surface area contributed by atoms with E-state index in [0.29, 0.717) is 18.5 Å². The average molecular weight is 240 g/mol. The van der Waals surface area contributed by atoms with E-state index < -0.39 is 6.04 Å². The van der Waals surface area contributed by atoms with Crippen molar-refractivity contribution in [1.82, 2.24) is 10.3 Å². The highest BCUT2D eigenvalue weighted by Crippen LogP contribution is 2.25. The fraction of sp³-hybridized carbons (Fsp3) is 0.154. The quantitative estimate of drug-likeness (QED) is 0.780. The first-order valence-electron chi connectivity index (χ1n) is 5.46. The average Bonchev–Trinajstić information content (AvgIpc) is 2.43. The topological polar surface area (TPSA) is 91.8 Å². The normalized spacial score (nSPS) is 11.8. The maximum atomic E-state index is 10.5. The third-order valence-corrected chi connectivity index (χ3v) is 2.82. The Balaban J connectivity index is 2.65. The zero-order valence-corrected chi connectivity index (χ0v) is 9.63. The third kappa shape index (κ3) is 2.01. The second kappa shape index (κ2) is 5.25. The number of amides is 1. The maximum Gasteiger partial charge on any atom is 0.208 e. The number of aromatic nitrogens is 1. The molecule has 90 valence electrons. The van der Waals surface area contributed by atoms with Crippen LogP contribution in [0, 0.1) is 11.3 Å². The smallest absolute Gasteiger partial charge is 0.208 e. The maximum absolute atomic E-state index is 10.5. The second-order valence-corrected chi connectivity index (χ2v) is 3.79. The van der Waals surface area contributed by atoms with Crippen molar-refractivity contribution in [3.8, 4) is 6.07 Å². The van der Waals surface area contributed by atoms with Crippen LogP contribution in [0.15, 0.2) is 30.6 Å². The summed E-state index contributed by atoms with van der Waals surface area (Å²) in [6, 6.07) is 7.02. The first kappa shape index (κ1) is 12.0. The van der Waals surface area contributed by atoms with Crippen molar-refractivity contribution in [2.24, 2.45) is 5.73 Å². The molecular weight excluding hydrogens is 228 g/mol. The van der Waals surface area contributed by atoms with Gasteiger partial charge in [0.05, 0.1) is 6.07 Å². The lowest BCUT2D eigenvalue weighted by atomic mass is 9.99. The Labute approximate surface area is 104 Å². The minimum absolute atomic E-state index is 0.404. The zero-order valence-electron chi connectivity index (χ0n) is 9.63. The number of carbonyl (C=O) groups excluding carboxylic acids is 1. The molecule has 2 rings (SSSR count). The van der Waals surface area contributed by atoms with Crippen LogP contribution in [0.2, 0.25) is 0 Å². The van der Waals surface area contributed by atoms with E-state index in [1.54, 1.807) is 12.4 Å². The Morgan fingerprint density at radius 3 is 2.94 bits per heavy atom. The molecule has 5 nitrogen and oxygen atoms in total. The highest BCUT2D eigenvalue weighted by molar-refractivity contribution is 5.88. The van der Waals surface area contributed by atoms with Gasteiger partial charge in [-0.2, -0.15) is 5.26 Å². The van der Waals surface area contributed by atoms with Crippen LogP contribution in [0.25, 0.3) is 10.8 Å². The van der Waals surface area contributed by atoms with Gasteiger partial charge in [-0.1, -0.05) is 18.2 Å². The predicted octanol–water partition coefficient (Wildman–Crippen LogP) is 1.00. The number of pyridine rings is 1. The Morgan fingerprint density at radius 1 is 1.44 bits per heavy atom. The number of fused-ring (bicyclic) bond motifs is 1. The van der Waals surface area contributed by atoms with Gasteiger partial charge in [0.2, 0.25) is 6.41 Å². The van der Waals surface area contributed by atoms with Gasteiger partial charge in [-0.3, -0.25) is 9.78 Å². The van der Waals surface area contributed by atoms with Crippen molar-refractivity contribution in [3.05, 3.63) is 41.7 Å². The summed E-state index contributed by atoms with van der Waals surface area (Å²) in [5.74, 6) is 0. The first-order valence-corrected chi connectivity index (χ1v) is 5.46. The number of hydrogen-bond acceptors (Lipinski definition) is 4. The molecule has 0 saturated carbocycles. The number of nitriles is 1. The van der Waals surface area contributed by atoms with Crippen LogP contribution in [-0.2, 0) is 11.3 Å². The Bertz CT molecular complexity index is 618. The lowest BCUT2D eigenvalue weighted by molar-refractivity contribution is -0.109. The highest BCUT2D eigenvalue weighted by atomic mass is 16.1. The van der Waals surface area contributed by atoms with Crippen molar-refractivity contribution in [1.29, 1.82) is 5.26 Å². The lowest BCUT2D eigenvalue weighted by Gasteiger charge is -2.12. The molecule has 1 aromatic heterocycles. The largest absolute Gasteiger partial charge is 0.339 e. The number of nitrogens with two attached hydrogens (primary N) is 1. The lowest BCUT2D eigenvalue weighted by Crippen LogP contribution is -2.18. The van der Waals surface area contributed by atoms with Gasteiger partial charge in [-0.15, -0.1) is 0 Å². The van der Waals surface area contributed by atoms with Crippen molar-refractivity contribution in [3.63, 3.8) is 0 Å². The van der Waals surface area contributed by atoms with Gasteiger partial charge in [-0.05, 0) is 10.9 Å². The summed E-state index contributed by atoms with van der Waals surface area (Å²) in [5.41, 5.74) is 7.31. The molecule has 0 bridgehead atoms. The van der Waals surface area contributed by atoms with Crippen molar-refractivity contribution in [2.45, 2.75) is 12.6 Å². The minimum Gasteiger partial charge on any atom is -0.339 e. The first-order chi connectivity index (χ1) is 8.81. The number of carbonyl (C=O) groups is 1. The van der Waals surface area contributed by atoms with Crippen LogP contribution in [0.1, 0.15) is 17.2 Å². The van der Waals surface area contributed by atoms with E-state index in [4.69, 9.17) is 11.0 Å². The van der Waals surface area contributed by atoms with Gasteiger partial charge in [0, 0.05) is 29.9 Å². The Morgan fingerprint density at radius 2 is 2.28 bits per heavy atom. The summed E-state index contributed by atoms with van der Waals surface area (Å²) in [6.07, 6.45) is 3.82. The minimum atomic E-state index is -0.702. The van der Waals surface area contributed by atoms with Gasteiger partial charge in [-0.25, -0.2) is 0 Å². The van der Waals surface area contributed by atoms with Crippen LogP contribution in [0.3, 0.4) is 0 Å². The summed E-state index contributed by atoms with van der Waals surface area (Å²) in [4.78, 5) is 14.6. The fourth-order valence-corrected chi connectivity index (χ4v) is 1.95. The van der Waals surface area contributed by atoms with E-state index in [0.717, 1.165) is 16.3 Å².